The Morgan fingerprint density at radius 1 is 1.19 bits per heavy atom. The van der Waals surface area contributed by atoms with Gasteiger partial charge >= 0.3 is 0 Å². The summed E-state index contributed by atoms with van der Waals surface area (Å²) in [5.41, 5.74) is 6.90. The molecule has 1 aliphatic rings. The molecule has 0 aliphatic carbocycles. The number of amides is 1. The summed E-state index contributed by atoms with van der Waals surface area (Å²) in [6, 6.07) is 13.2. The first-order chi connectivity index (χ1) is 13.0. The maximum Gasteiger partial charge on any atom is 0.240 e. The third-order valence-corrected chi connectivity index (χ3v) is 6.22. The van der Waals surface area contributed by atoms with Gasteiger partial charge in [0.25, 0.3) is 0 Å². The van der Waals surface area contributed by atoms with Crippen molar-refractivity contribution in [2.75, 3.05) is 13.1 Å². The minimum atomic E-state index is -0.908. The second-order valence-corrected chi connectivity index (χ2v) is 8.21. The molecule has 0 radical (unpaired) electrons. The topological polar surface area (TPSA) is 46.3 Å². The largest absolute Gasteiger partial charge is 0.341 e. The number of likely N-dealkylation sites (tertiary alicyclic amines) is 1. The second-order valence-electron chi connectivity index (χ2n) is 7.03. The fourth-order valence-corrected chi connectivity index (χ4v) is 4.51. The molecule has 0 aromatic heterocycles. The number of hydrogen-bond donors (Lipinski definition) is 1. The van der Waals surface area contributed by atoms with E-state index in [-0.39, 0.29) is 17.9 Å². The van der Waals surface area contributed by atoms with Crippen LogP contribution >= 0.6 is 11.8 Å². The summed E-state index contributed by atoms with van der Waals surface area (Å²) >= 11 is 1.25. The average molecular weight is 390 g/mol. The summed E-state index contributed by atoms with van der Waals surface area (Å²) in [4.78, 5) is 15.7. The van der Waals surface area contributed by atoms with E-state index in [2.05, 4.69) is 0 Å². The van der Waals surface area contributed by atoms with Crippen molar-refractivity contribution in [1.82, 2.24) is 4.90 Å². The number of thioether (sulfide) groups is 1. The standard InChI is InChI=1S/C21H24F2N2OS/c1-14(24)16-8-5-11-25(13-16)21(26)20(15-6-3-2-4-7-15)27-17-9-10-18(22)19(23)12-17/h2-4,6-7,9-10,12,14,16,20H,5,8,11,13,24H2,1H3. The van der Waals surface area contributed by atoms with E-state index in [0.29, 0.717) is 18.0 Å². The van der Waals surface area contributed by atoms with Gasteiger partial charge in [0.15, 0.2) is 11.6 Å². The Balaban J connectivity index is 1.85. The molecule has 144 valence electrons. The van der Waals surface area contributed by atoms with Crippen molar-refractivity contribution in [1.29, 1.82) is 0 Å². The van der Waals surface area contributed by atoms with Crippen LogP contribution < -0.4 is 5.73 Å². The zero-order valence-corrected chi connectivity index (χ0v) is 16.1. The summed E-state index contributed by atoms with van der Waals surface area (Å²) in [7, 11) is 0. The van der Waals surface area contributed by atoms with Crippen LogP contribution in [-0.4, -0.2) is 29.9 Å². The van der Waals surface area contributed by atoms with Crippen molar-refractivity contribution in [2.45, 2.75) is 36.0 Å². The lowest BCUT2D eigenvalue weighted by Gasteiger charge is -2.36. The van der Waals surface area contributed by atoms with Crippen molar-refractivity contribution in [3.05, 3.63) is 65.7 Å². The molecule has 3 unspecified atom stereocenters. The molecule has 0 bridgehead atoms. The number of carbonyl (C=O) groups is 1. The first-order valence-corrected chi connectivity index (χ1v) is 10.0. The van der Waals surface area contributed by atoms with E-state index in [1.807, 2.05) is 42.2 Å². The van der Waals surface area contributed by atoms with Crippen LogP contribution in [0, 0.1) is 17.6 Å². The van der Waals surface area contributed by atoms with Crippen molar-refractivity contribution in [3.8, 4) is 0 Å². The van der Waals surface area contributed by atoms with Gasteiger partial charge in [0.1, 0.15) is 5.25 Å². The number of benzene rings is 2. The van der Waals surface area contributed by atoms with Crippen LogP contribution in [0.1, 0.15) is 30.6 Å². The highest BCUT2D eigenvalue weighted by Crippen LogP contribution is 2.38. The van der Waals surface area contributed by atoms with Crippen LogP contribution in [0.25, 0.3) is 0 Å². The molecule has 1 saturated heterocycles. The molecule has 27 heavy (non-hydrogen) atoms. The van der Waals surface area contributed by atoms with Gasteiger partial charge in [0, 0.05) is 24.0 Å². The number of rotatable bonds is 5. The Morgan fingerprint density at radius 2 is 1.93 bits per heavy atom. The second kappa shape index (κ2) is 8.85. The number of nitrogens with two attached hydrogens (primary N) is 1. The lowest BCUT2D eigenvalue weighted by Crippen LogP contribution is -2.46. The lowest BCUT2D eigenvalue weighted by molar-refractivity contribution is -0.132. The van der Waals surface area contributed by atoms with Crippen LogP contribution in [0.4, 0.5) is 8.78 Å². The van der Waals surface area contributed by atoms with E-state index >= 15 is 0 Å². The molecule has 1 aliphatic heterocycles. The molecule has 0 spiro atoms. The van der Waals surface area contributed by atoms with Gasteiger partial charge in [-0.05, 0) is 49.4 Å². The molecular weight excluding hydrogens is 366 g/mol. The minimum absolute atomic E-state index is 0.0127. The summed E-state index contributed by atoms with van der Waals surface area (Å²) < 4.78 is 26.9. The molecule has 2 aromatic rings. The molecule has 1 fully saturated rings. The highest BCUT2D eigenvalue weighted by molar-refractivity contribution is 8.00. The number of nitrogens with zero attached hydrogens (tertiary/aromatic N) is 1. The van der Waals surface area contributed by atoms with Crippen molar-refractivity contribution in [3.63, 3.8) is 0 Å². The quantitative estimate of drug-likeness (QED) is 0.771. The summed E-state index contributed by atoms with van der Waals surface area (Å²) in [5, 5.41) is -0.511. The third-order valence-electron chi connectivity index (χ3n) is 4.98. The normalized spacial score (nSPS) is 19.6. The molecule has 0 saturated carbocycles. The van der Waals surface area contributed by atoms with E-state index in [1.54, 1.807) is 0 Å². The van der Waals surface area contributed by atoms with Gasteiger partial charge in [0.2, 0.25) is 5.91 Å². The number of carbonyl (C=O) groups excluding carboxylic acids is 1. The van der Waals surface area contributed by atoms with Gasteiger partial charge in [-0.1, -0.05) is 30.3 Å². The van der Waals surface area contributed by atoms with Crippen LogP contribution in [0.2, 0.25) is 0 Å². The fourth-order valence-electron chi connectivity index (χ4n) is 3.38. The van der Waals surface area contributed by atoms with Crippen LogP contribution in [-0.2, 0) is 4.79 Å². The number of halogens is 2. The Morgan fingerprint density at radius 3 is 2.59 bits per heavy atom. The summed E-state index contributed by atoms with van der Waals surface area (Å²) in [5.74, 6) is -1.53. The highest BCUT2D eigenvalue weighted by atomic mass is 32.2. The maximum atomic E-state index is 13.6. The lowest BCUT2D eigenvalue weighted by atomic mass is 9.92. The first kappa shape index (κ1) is 19.8. The van der Waals surface area contributed by atoms with Crippen molar-refractivity contribution >= 4 is 17.7 Å². The molecule has 1 heterocycles. The van der Waals surface area contributed by atoms with E-state index in [9.17, 15) is 13.6 Å². The van der Waals surface area contributed by atoms with Gasteiger partial charge in [-0.25, -0.2) is 8.78 Å². The molecule has 2 N–H and O–H groups in total. The molecular formula is C21H24F2N2OS. The molecule has 3 nitrogen and oxygen atoms in total. The van der Waals surface area contributed by atoms with E-state index < -0.39 is 16.9 Å². The van der Waals surface area contributed by atoms with E-state index in [0.717, 1.165) is 30.5 Å². The third kappa shape index (κ3) is 4.87. The minimum Gasteiger partial charge on any atom is -0.341 e. The molecule has 3 rings (SSSR count). The number of hydrogen-bond acceptors (Lipinski definition) is 3. The highest BCUT2D eigenvalue weighted by Gasteiger charge is 2.31. The summed E-state index contributed by atoms with van der Waals surface area (Å²) in [6.07, 6.45) is 1.95. The molecule has 3 atom stereocenters. The molecule has 6 heteroatoms. The van der Waals surface area contributed by atoms with E-state index in [1.165, 1.54) is 17.8 Å². The Labute approximate surface area is 162 Å². The van der Waals surface area contributed by atoms with Gasteiger partial charge < -0.3 is 10.6 Å². The Bertz CT molecular complexity index is 785. The summed E-state index contributed by atoms with van der Waals surface area (Å²) in [6.45, 7) is 3.31. The Kier molecular flexibility index (Phi) is 6.50. The SMILES string of the molecule is CC(N)C1CCCN(C(=O)C(Sc2ccc(F)c(F)c2)c2ccccc2)C1. The average Bonchev–Trinajstić information content (AvgIpc) is 2.69. The molecule has 2 aromatic carbocycles. The fraction of sp³-hybridized carbons (Fsp3) is 0.381. The van der Waals surface area contributed by atoms with Crippen LogP contribution in [0.3, 0.4) is 0 Å². The van der Waals surface area contributed by atoms with Crippen molar-refractivity contribution in [2.24, 2.45) is 11.7 Å². The van der Waals surface area contributed by atoms with Gasteiger partial charge in [-0.15, -0.1) is 11.8 Å². The molecule has 1 amide bonds. The zero-order chi connectivity index (χ0) is 19.4. The maximum absolute atomic E-state index is 13.6. The van der Waals surface area contributed by atoms with Crippen LogP contribution in [0.15, 0.2) is 53.4 Å². The zero-order valence-electron chi connectivity index (χ0n) is 15.3. The van der Waals surface area contributed by atoms with E-state index in [4.69, 9.17) is 5.73 Å². The van der Waals surface area contributed by atoms with Gasteiger partial charge in [-0.3, -0.25) is 4.79 Å². The number of piperidine rings is 1. The monoisotopic (exact) mass is 390 g/mol. The smallest absolute Gasteiger partial charge is 0.240 e. The van der Waals surface area contributed by atoms with Crippen LogP contribution in [0.5, 0.6) is 0 Å². The predicted octanol–water partition coefficient (Wildman–Crippen LogP) is 4.38. The Hall–Kier alpha value is -1.92. The van der Waals surface area contributed by atoms with Gasteiger partial charge in [0.05, 0.1) is 0 Å². The van der Waals surface area contributed by atoms with Gasteiger partial charge in [-0.2, -0.15) is 0 Å². The predicted molar refractivity (Wildman–Crippen MR) is 104 cm³/mol. The first-order valence-electron chi connectivity index (χ1n) is 9.16. The van der Waals surface area contributed by atoms with Crippen molar-refractivity contribution < 1.29 is 13.6 Å².